The van der Waals surface area contributed by atoms with Crippen molar-refractivity contribution < 1.29 is 0 Å². The summed E-state index contributed by atoms with van der Waals surface area (Å²) in [4.78, 5) is 7.00. The third-order valence-corrected chi connectivity index (χ3v) is 3.16. The van der Waals surface area contributed by atoms with Crippen LogP contribution in [-0.2, 0) is 6.54 Å². The molecule has 0 saturated carbocycles. The molecule has 2 aromatic rings. The Kier molecular flexibility index (Phi) is 4.05. The van der Waals surface area contributed by atoms with Crippen molar-refractivity contribution in [3.63, 3.8) is 0 Å². The standard InChI is InChI=1S/C12H13Cl2N3/c1-8(16-6-10-5-15-7-17-10)11-4-9(13)2-3-12(11)14/h2-5,7-8,16H,6H2,1H3,(H,15,17). The first-order valence-corrected chi connectivity index (χ1v) is 6.08. The van der Waals surface area contributed by atoms with Gasteiger partial charge in [0.05, 0.1) is 6.33 Å². The Morgan fingerprint density at radius 3 is 2.94 bits per heavy atom. The van der Waals surface area contributed by atoms with Crippen LogP contribution in [0.2, 0.25) is 10.0 Å². The SMILES string of the molecule is CC(NCc1cnc[nH]1)c1cc(Cl)ccc1Cl. The van der Waals surface area contributed by atoms with Gasteiger partial charge in [0.1, 0.15) is 0 Å². The van der Waals surface area contributed by atoms with Crippen LogP contribution in [0, 0.1) is 0 Å². The summed E-state index contributed by atoms with van der Waals surface area (Å²) in [5, 5.41) is 4.77. The number of nitrogens with zero attached hydrogens (tertiary/aromatic N) is 1. The summed E-state index contributed by atoms with van der Waals surface area (Å²) in [5.41, 5.74) is 2.04. The van der Waals surface area contributed by atoms with Crippen molar-refractivity contribution in [3.05, 3.63) is 52.0 Å². The number of H-pyrrole nitrogens is 1. The lowest BCUT2D eigenvalue weighted by Crippen LogP contribution is -2.18. The van der Waals surface area contributed by atoms with Crippen LogP contribution >= 0.6 is 23.2 Å². The summed E-state index contributed by atoms with van der Waals surface area (Å²) in [5.74, 6) is 0. The lowest BCUT2D eigenvalue weighted by molar-refractivity contribution is 0.569. The van der Waals surface area contributed by atoms with Crippen LogP contribution in [0.1, 0.15) is 24.2 Å². The van der Waals surface area contributed by atoms with E-state index >= 15 is 0 Å². The largest absolute Gasteiger partial charge is 0.347 e. The Hall–Kier alpha value is -1.03. The highest BCUT2D eigenvalue weighted by atomic mass is 35.5. The van der Waals surface area contributed by atoms with Gasteiger partial charge in [0.25, 0.3) is 0 Å². The van der Waals surface area contributed by atoms with Crippen LogP contribution in [-0.4, -0.2) is 9.97 Å². The molecule has 1 heterocycles. The van der Waals surface area contributed by atoms with Gasteiger partial charge in [-0.05, 0) is 30.7 Å². The first kappa shape index (κ1) is 12.4. The van der Waals surface area contributed by atoms with Gasteiger partial charge in [-0.3, -0.25) is 0 Å². The van der Waals surface area contributed by atoms with E-state index in [1.54, 1.807) is 18.6 Å². The fourth-order valence-corrected chi connectivity index (χ4v) is 2.06. The normalized spacial score (nSPS) is 12.6. The fraction of sp³-hybridized carbons (Fsp3) is 0.250. The number of hydrogen-bond donors (Lipinski definition) is 2. The molecule has 1 aromatic carbocycles. The molecule has 17 heavy (non-hydrogen) atoms. The van der Waals surface area contributed by atoms with Crippen molar-refractivity contribution >= 4 is 23.2 Å². The highest BCUT2D eigenvalue weighted by molar-refractivity contribution is 6.33. The zero-order chi connectivity index (χ0) is 12.3. The Balaban J connectivity index is 2.04. The van der Waals surface area contributed by atoms with Gasteiger partial charge in [-0.1, -0.05) is 23.2 Å². The third-order valence-electron chi connectivity index (χ3n) is 2.58. The van der Waals surface area contributed by atoms with E-state index in [0.717, 1.165) is 16.3 Å². The van der Waals surface area contributed by atoms with Crippen LogP contribution in [0.4, 0.5) is 0 Å². The first-order valence-electron chi connectivity index (χ1n) is 5.32. The Morgan fingerprint density at radius 1 is 1.41 bits per heavy atom. The molecule has 0 bridgehead atoms. The molecule has 5 heteroatoms. The van der Waals surface area contributed by atoms with Gasteiger partial charge in [-0.2, -0.15) is 0 Å². The molecule has 0 fully saturated rings. The summed E-state index contributed by atoms with van der Waals surface area (Å²) in [7, 11) is 0. The van der Waals surface area contributed by atoms with Gasteiger partial charge in [0.2, 0.25) is 0 Å². The van der Waals surface area contributed by atoms with Crippen molar-refractivity contribution in [2.45, 2.75) is 19.5 Å². The second kappa shape index (κ2) is 5.54. The molecule has 2 N–H and O–H groups in total. The summed E-state index contributed by atoms with van der Waals surface area (Å²) in [6.07, 6.45) is 3.45. The number of rotatable bonds is 4. The fourth-order valence-electron chi connectivity index (χ4n) is 1.60. The van der Waals surface area contributed by atoms with E-state index < -0.39 is 0 Å². The lowest BCUT2D eigenvalue weighted by atomic mass is 10.1. The average molecular weight is 270 g/mol. The van der Waals surface area contributed by atoms with E-state index in [0.29, 0.717) is 11.6 Å². The second-order valence-electron chi connectivity index (χ2n) is 3.85. The Morgan fingerprint density at radius 2 is 2.24 bits per heavy atom. The average Bonchev–Trinajstić information content (AvgIpc) is 2.82. The smallest absolute Gasteiger partial charge is 0.0922 e. The molecule has 90 valence electrons. The van der Waals surface area contributed by atoms with E-state index in [9.17, 15) is 0 Å². The summed E-state index contributed by atoms with van der Waals surface area (Å²) >= 11 is 12.1. The minimum atomic E-state index is 0.129. The summed E-state index contributed by atoms with van der Waals surface area (Å²) in [6.45, 7) is 2.76. The summed E-state index contributed by atoms with van der Waals surface area (Å²) in [6, 6.07) is 5.61. The van der Waals surface area contributed by atoms with Gasteiger partial charge in [0.15, 0.2) is 0 Å². The maximum Gasteiger partial charge on any atom is 0.0922 e. The third kappa shape index (κ3) is 3.22. The predicted octanol–water partition coefficient (Wildman–Crippen LogP) is 3.57. The molecular formula is C12H13Cl2N3. The van der Waals surface area contributed by atoms with E-state index in [2.05, 4.69) is 15.3 Å². The number of aromatic nitrogens is 2. The van der Waals surface area contributed by atoms with E-state index in [1.165, 1.54) is 0 Å². The molecule has 3 nitrogen and oxygen atoms in total. The number of halogens is 2. The first-order chi connectivity index (χ1) is 8.16. The molecule has 0 saturated heterocycles. The molecule has 0 radical (unpaired) electrons. The number of hydrogen-bond acceptors (Lipinski definition) is 2. The zero-order valence-corrected chi connectivity index (χ0v) is 10.9. The van der Waals surface area contributed by atoms with Gasteiger partial charge in [-0.15, -0.1) is 0 Å². The summed E-state index contributed by atoms with van der Waals surface area (Å²) < 4.78 is 0. The Bertz CT molecular complexity index is 483. The number of nitrogens with one attached hydrogen (secondary N) is 2. The lowest BCUT2D eigenvalue weighted by Gasteiger charge is -2.15. The molecule has 1 atom stereocenters. The molecule has 0 amide bonds. The van der Waals surface area contributed by atoms with Crippen LogP contribution in [0.15, 0.2) is 30.7 Å². The van der Waals surface area contributed by atoms with Gasteiger partial charge in [-0.25, -0.2) is 4.98 Å². The highest BCUT2D eigenvalue weighted by Crippen LogP contribution is 2.26. The van der Waals surface area contributed by atoms with Crippen molar-refractivity contribution in [1.82, 2.24) is 15.3 Å². The minimum absolute atomic E-state index is 0.129. The molecule has 0 aliphatic heterocycles. The minimum Gasteiger partial charge on any atom is -0.347 e. The molecule has 2 rings (SSSR count). The zero-order valence-electron chi connectivity index (χ0n) is 9.37. The van der Waals surface area contributed by atoms with Crippen LogP contribution in [0.3, 0.4) is 0 Å². The maximum absolute atomic E-state index is 6.13. The van der Waals surface area contributed by atoms with Crippen molar-refractivity contribution in [2.24, 2.45) is 0 Å². The van der Waals surface area contributed by atoms with E-state index in [4.69, 9.17) is 23.2 Å². The predicted molar refractivity (Wildman–Crippen MR) is 70.3 cm³/mol. The number of imidazole rings is 1. The molecule has 0 spiro atoms. The van der Waals surface area contributed by atoms with Crippen molar-refractivity contribution in [1.29, 1.82) is 0 Å². The highest BCUT2D eigenvalue weighted by Gasteiger charge is 2.10. The van der Waals surface area contributed by atoms with Gasteiger partial charge >= 0.3 is 0 Å². The molecule has 0 aliphatic carbocycles. The monoisotopic (exact) mass is 269 g/mol. The molecular weight excluding hydrogens is 257 g/mol. The van der Waals surface area contributed by atoms with E-state index in [-0.39, 0.29) is 6.04 Å². The number of benzene rings is 1. The molecule has 1 unspecified atom stereocenters. The molecule has 1 aromatic heterocycles. The second-order valence-corrected chi connectivity index (χ2v) is 4.69. The maximum atomic E-state index is 6.13. The Labute approximate surface area is 110 Å². The van der Waals surface area contributed by atoms with Gasteiger partial charge < -0.3 is 10.3 Å². The van der Waals surface area contributed by atoms with E-state index in [1.807, 2.05) is 19.1 Å². The molecule has 0 aliphatic rings. The quantitative estimate of drug-likeness (QED) is 0.891. The van der Waals surface area contributed by atoms with Crippen molar-refractivity contribution in [3.8, 4) is 0 Å². The number of aromatic amines is 1. The van der Waals surface area contributed by atoms with Gasteiger partial charge in [0, 0.05) is 34.5 Å². The van der Waals surface area contributed by atoms with Crippen LogP contribution in [0.5, 0.6) is 0 Å². The topological polar surface area (TPSA) is 40.7 Å². The van der Waals surface area contributed by atoms with Crippen LogP contribution < -0.4 is 5.32 Å². The van der Waals surface area contributed by atoms with Crippen LogP contribution in [0.25, 0.3) is 0 Å². The van der Waals surface area contributed by atoms with Crippen molar-refractivity contribution in [2.75, 3.05) is 0 Å².